The SMILES string of the molecule is Cc1cc2c(cc1C)OC(C(=O)NCCC(C)N)C2.Cl. The minimum Gasteiger partial charge on any atom is -0.480 e. The van der Waals surface area contributed by atoms with Gasteiger partial charge in [0.1, 0.15) is 5.75 Å². The van der Waals surface area contributed by atoms with Gasteiger partial charge in [-0.3, -0.25) is 4.79 Å². The lowest BCUT2D eigenvalue weighted by molar-refractivity contribution is -0.127. The van der Waals surface area contributed by atoms with E-state index in [2.05, 4.69) is 25.2 Å². The zero-order valence-electron chi connectivity index (χ0n) is 12.2. The molecule has 20 heavy (non-hydrogen) atoms. The Kier molecular flexibility index (Phi) is 5.84. The second-order valence-corrected chi connectivity index (χ2v) is 5.41. The largest absolute Gasteiger partial charge is 0.480 e. The Morgan fingerprint density at radius 1 is 1.45 bits per heavy atom. The number of nitrogens with one attached hydrogen (secondary N) is 1. The smallest absolute Gasteiger partial charge is 0.261 e. The fraction of sp³-hybridized carbons (Fsp3) is 0.533. The first-order valence-electron chi connectivity index (χ1n) is 6.77. The fourth-order valence-electron chi connectivity index (χ4n) is 2.20. The average molecular weight is 299 g/mol. The van der Waals surface area contributed by atoms with E-state index in [1.165, 1.54) is 11.1 Å². The van der Waals surface area contributed by atoms with Gasteiger partial charge in [0.25, 0.3) is 5.91 Å². The van der Waals surface area contributed by atoms with Crippen LogP contribution in [-0.2, 0) is 11.2 Å². The number of rotatable bonds is 4. The van der Waals surface area contributed by atoms with Crippen LogP contribution in [0.25, 0.3) is 0 Å². The number of benzene rings is 1. The zero-order valence-corrected chi connectivity index (χ0v) is 13.0. The lowest BCUT2D eigenvalue weighted by Gasteiger charge is -2.12. The number of carbonyl (C=O) groups is 1. The molecule has 0 fully saturated rings. The number of amides is 1. The van der Waals surface area contributed by atoms with Gasteiger partial charge in [0.05, 0.1) is 0 Å². The van der Waals surface area contributed by atoms with E-state index in [4.69, 9.17) is 10.5 Å². The molecule has 1 heterocycles. The summed E-state index contributed by atoms with van der Waals surface area (Å²) in [7, 11) is 0. The summed E-state index contributed by atoms with van der Waals surface area (Å²) in [5, 5.41) is 2.88. The van der Waals surface area contributed by atoms with E-state index in [-0.39, 0.29) is 24.4 Å². The molecule has 2 unspecified atom stereocenters. The third kappa shape index (κ3) is 3.87. The van der Waals surface area contributed by atoms with Crippen LogP contribution in [0.5, 0.6) is 5.75 Å². The van der Waals surface area contributed by atoms with Gasteiger partial charge in [0, 0.05) is 19.0 Å². The summed E-state index contributed by atoms with van der Waals surface area (Å²) in [5.41, 5.74) is 9.20. The van der Waals surface area contributed by atoms with Crippen LogP contribution in [0.1, 0.15) is 30.0 Å². The molecule has 1 aromatic carbocycles. The van der Waals surface area contributed by atoms with Crippen molar-refractivity contribution in [1.29, 1.82) is 0 Å². The molecule has 2 atom stereocenters. The molecule has 1 aliphatic rings. The Balaban J connectivity index is 0.00000200. The number of carbonyl (C=O) groups excluding carboxylic acids is 1. The number of nitrogens with two attached hydrogens (primary N) is 1. The van der Waals surface area contributed by atoms with Gasteiger partial charge in [0.15, 0.2) is 6.10 Å². The Hall–Kier alpha value is -1.26. The predicted octanol–water partition coefficient (Wildman–Crippen LogP) is 1.88. The highest BCUT2D eigenvalue weighted by atomic mass is 35.5. The molecule has 0 saturated heterocycles. The van der Waals surface area contributed by atoms with Crippen LogP contribution >= 0.6 is 12.4 Å². The molecular formula is C15H23ClN2O2. The highest BCUT2D eigenvalue weighted by Gasteiger charge is 2.29. The van der Waals surface area contributed by atoms with Crippen molar-refractivity contribution >= 4 is 18.3 Å². The number of hydrogen-bond donors (Lipinski definition) is 2. The van der Waals surface area contributed by atoms with Crippen molar-refractivity contribution in [3.63, 3.8) is 0 Å². The molecule has 0 aliphatic carbocycles. The first-order chi connectivity index (χ1) is 8.97. The van der Waals surface area contributed by atoms with E-state index in [0.717, 1.165) is 17.7 Å². The van der Waals surface area contributed by atoms with Crippen LogP contribution in [0.2, 0.25) is 0 Å². The van der Waals surface area contributed by atoms with Gasteiger partial charge in [-0.1, -0.05) is 6.07 Å². The van der Waals surface area contributed by atoms with Gasteiger partial charge in [-0.2, -0.15) is 0 Å². The Morgan fingerprint density at radius 2 is 2.10 bits per heavy atom. The van der Waals surface area contributed by atoms with Crippen LogP contribution in [0.15, 0.2) is 12.1 Å². The third-order valence-corrected chi connectivity index (χ3v) is 3.54. The first kappa shape index (κ1) is 16.8. The van der Waals surface area contributed by atoms with Gasteiger partial charge < -0.3 is 15.8 Å². The molecule has 0 radical (unpaired) electrons. The molecule has 0 spiro atoms. The first-order valence-corrected chi connectivity index (χ1v) is 6.77. The molecule has 1 aromatic rings. The standard InChI is InChI=1S/C15H22N2O2.ClH/c1-9-6-12-8-14(19-13(12)7-10(9)2)15(18)17-5-4-11(3)16;/h6-7,11,14H,4-5,8,16H2,1-3H3,(H,17,18);1H. The molecule has 0 aromatic heterocycles. The fourth-order valence-corrected chi connectivity index (χ4v) is 2.20. The minimum atomic E-state index is -0.399. The summed E-state index contributed by atoms with van der Waals surface area (Å²) in [4.78, 5) is 12.0. The second kappa shape index (κ2) is 6.95. The normalized spacial score (nSPS) is 17.7. The van der Waals surface area contributed by atoms with E-state index in [0.29, 0.717) is 13.0 Å². The summed E-state index contributed by atoms with van der Waals surface area (Å²) in [5.74, 6) is 0.794. The van der Waals surface area contributed by atoms with Crippen molar-refractivity contribution in [1.82, 2.24) is 5.32 Å². The number of ether oxygens (including phenoxy) is 1. The van der Waals surface area contributed by atoms with E-state index >= 15 is 0 Å². The van der Waals surface area contributed by atoms with Crippen molar-refractivity contribution in [2.45, 2.75) is 45.8 Å². The number of halogens is 1. The molecule has 2 rings (SSSR count). The van der Waals surface area contributed by atoms with Crippen molar-refractivity contribution in [3.8, 4) is 5.75 Å². The van der Waals surface area contributed by atoms with Crippen LogP contribution in [0, 0.1) is 13.8 Å². The summed E-state index contributed by atoms with van der Waals surface area (Å²) in [6, 6.07) is 4.23. The van der Waals surface area contributed by atoms with Gasteiger partial charge in [-0.25, -0.2) is 0 Å². The Bertz CT molecular complexity index is 458. The molecule has 1 aliphatic heterocycles. The molecule has 0 bridgehead atoms. The predicted molar refractivity (Wildman–Crippen MR) is 82.6 cm³/mol. The van der Waals surface area contributed by atoms with Crippen LogP contribution in [0.4, 0.5) is 0 Å². The highest BCUT2D eigenvalue weighted by Crippen LogP contribution is 2.31. The summed E-state index contributed by atoms with van der Waals surface area (Å²) in [6.07, 6.45) is 1.04. The molecule has 112 valence electrons. The molecule has 4 nitrogen and oxygen atoms in total. The topological polar surface area (TPSA) is 64.3 Å². The molecule has 0 saturated carbocycles. The molecule has 1 amide bonds. The second-order valence-electron chi connectivity index (χ2n) is 5.41. The van der Waals surface area contributed by atoms with Crippen LogP contribution in [-0.4, -0.2) is 24.6 Å². The molecule has 3 N–H and O–H groups in total. The van der Waals surface area contributed by atoms with Gasteiger partial charge in [0.2, 0.25) is 0 Å². The van der Waals surface area contributed by atoms with Gasteiger partial charge in [-0.15, -0.1) is 12.4 Å². The molecular weight excluding hydrogens is 276 g/mol. The van der Waals surface area contributed by atoms with Crippen molar-refractivity contribution in [2.24, 2.45) is 5.73 Å². The summed E-state index contributed by atoms with van der Waals surface area (Å²) in [6.45, 7) is 6.66. The Labute approximate surface area is 126 Å². The maximum Gasteiger partial charge on any atom is 0.261 e. The molecule has 5 heteroatoms. The zero-order chi connectivity index (χ0) is 14.0. The van der Waals surface area contributed by atoms with Crippen LogP contribution < -0.4 is 15.8 Å². The van der Waals surface area contributed by atoms with E-state index in [1.54, 1.807) is 0 Å². The average Bonchev–Trinajstić information content (AvgIpc) is 2.72. The Morgan fingerprint density at radius 3 is 2.75 bits per heavy atom. The number of fused-ring (bicyclic) bond motifs is 1. The minimum absolute atomic E-state index is 0. The van der Waals surface area contributed by atoms with E-state index < -0.39 is 6.10 Å². The number of aryl methyl sites for hydroxylation is 2. The monoisotopic (exact) mass is 298 g/mol. The highest BCUT2D eigenvalue weighted by molar-refractivity contribution is 5.85. The van der Waals surface area contributed by atoms with E-state index in [1.807, 2.05) is 13.0 Å². The van der Waals surface area contributed by atoms with Crippen molar-refractivity contribution in [2.75, 3.05) is 6.54 Å². The number of hydrogen-bond acceptors (Lipinski definition) is 3. The lowest BCUT2D eigenvalue weighted by Crippen LogP contribution is -2.39. The van der Waals surface area contributed by atoms with Crippen molar-refractivity contribution < 1.29 is 9.53 Å². The maximum atomic E-state index is 12.0. The van der Waals surface area contributed by atoms with Crippen LogP contribution in [0.3, 0.4) is 0 Å². The maximum absolute atomic E-state index is 12.0. The summed E-state index contributed by atoms with van der Waals surface area (Å²) < 4.78 is 5.72. The third-order valence-electron chi connectivity index (χ3n) is 3.54. The van der Waals surface area contributed by atoms with Crippen molar-refractivity contribution in [3.05, 3.63) is 28.8 Å². The summed E-state index contributed by atoms with van der Waals surface area (Å²) >= 11 is 0. The van der Waals surface area contributed by atoms with Gasteiger partial charge in [-0.05, 0) is 49.9 Å². The quantitative estimate of drug-likeness (QED) is 0.892. The lowest BCUT2D eigenvalue weighted by atomic mass is 10.0. The van der Waals surface area contributed by atoms with E-state index in [9.17, 15) is 4.79 Å². The van der Waals surface area contributed by atoms with Gasteiger partial charge >= 0.3 is 0 Å².